The van der Waals surface area contributed by atoms with Gasteiger partial charge in [0.05, 0.1) is 28.8 Å². The van der Waals surface area contributed by atoms with Crippen LogP contribution in [-0.4, -0.2) is 39.1 Å². The fraction of sp³-hybridized carbons (Fsp3) is 0.167. The van der Waals surface area contributed by atoms with Gasteiger partial charge in [0.2, 0.25) is 0 Å². The molecule has 174 valence electrons. The van der Waals surface area contributed by atoms with Crippen LogP contribution in [0.4, 0.5) is 4.39 Å². The molecule has 0 amide bonds. The second kappa shape index (κ2) is 7.69. The van der Waals surface area contributed by atoms with Crippen molar-refractivity contribution in [1.82, 2.24) is 39.1 Å². The van der Waals surface area contributed by atoms with E-state index in [1.165, 1.54) is 15.0 Å². The van der Waals surface area contributed by atoms with E-state index in [-0.39, 0.29) is 11.2 Å². The van der Waals surface area contributed by atoms with Crippen molar-refractivity contribution in [1.29, 1.82) is 0 Å². The van der Waals surface area contributed by atoms with Crippen molar-refractivity contribution in [2.45, 2.75) is 19.9 Å². The molecule has 6 aromatic rings. The van der Waals surface area contributed by atoms with Crippen LogP contribution in [0.2, 0.25) is 0 Å². The molecule has 11 heteroatoms. The lowest BCUT2D eigenvalue weighted by molar-refractivity contribution is 0.426. The van der Waals surface area contributed by atoms with E-state index in [0.29, 0.717) is 33.7 Å². The number of aromatic nitrogens is 8. The molecule has 10 nitrogen and oxygen atoms in total. The van der Waals surface area contributed by atoms with E-state index in [1.54, 1.807) is 54.6 Å². The van der Waals surface area contributed by atoms with Crippen LogP contribution >= 0.6 is 0 Å². The Kier molecular flexibility index (Phi) is 4.59. The highest BCUT2D eigenvalue weighted by Crippen LogP contribution is 2.26. The van der Waals surface area contributed by atoms with Gasteiger partial charge in [-0.15, -0.1) is 10.2 Å². The van der Waals surface area contributed by atoms with Gasteiger partial charge in [0.25, 0.3) is 5.56 Å². The second-order valence-electron chi connectivity index (χ2n) is 8.42. The molecule has 6 aromatic heterocycles. The van der Waals surface area contributed by atoms with Gasteiger partial charge in [-0.05, 0) is 32.0 Å². The van der Waals surface area contributed by atoms with E-state index in [1.807, 2.05) is 20.2 Å². The summed E-state index contributed by atoms with van der Waals surface area (Å²) < 4.78 is 24.9. The number of nitrogens with zero attached hydrogens (tertiary/aromatic N) is 8. The second-order valence-corrected chi connectivity index (χ2v) is 8.42. The van der Waals surface area contributed by atoms with E-state index >= 15 is 0 Å². The molecule has 0 saturated heterocycles. The van der Waals surface area contributed by atoms with Crippen LogP contribution in [0.3, 0.4) is 0 Å². The normalized spacial score (nSPS) is 12.6. The van der Waals surface area contributed by atoms with Gasteiger partial charge >= 0.3 is 0 Å². The largest absolute Gasteiger partial charge is 0.356 e. The van der Waals surface area contributed by atoms with Crippen LogP contribution in [0.15, 0.2) is 64.6 Å². The van der Waals surface area contributed by atoms with Crippen LogP contribution in [0, 0.1) is 12.7 Å². The number of hydrogen-bond acceptors (Lipinski definition) is 7. The van der Waals surface area contributed by atoms with Crippen molar-refractivity contribution in [3.05, 3.63) is 82.9 Å². The molecule has 0 spiro atoms. The van der Waals surface area contributed by atoms with Crippen LogP contribution < -0.4 is 5.56 Å². The predicted molar refractivity (Wildman–Crippen MR) is 125 cm³/mol. The Balaban J connectivity index is 1.47. The lowest BCUT2D eigenvalue weighted by Gasteiger charge is -2.15. The minimum atomic E-state index is -0.557. The molecule has 0 aliphatic heterocycles. The number of rotatable bonds is 4. The first-order valence-electron chi connectivity index (χ1n) is 10.9. The summed E-state index contributed by atoms with van der Waals surface area (Å²) in [4.78, 5) is 17.9. The Morgan fingerprint density at radius 1 is 1.06 bits per heavy atom. The van der Waals surface area contributed by atoms with Crippen molar-refractivity contribution in [2.24, 2.45) is 7.05 Å². The predicted octanol–water partition coefficient (Wildman–Crippen LogP) is 3.55. The summed E-state index contributed by atoms with van der Waals surface area (Å²) in [6.45, 7) is 3.60. The molecular weight excluding hydrogens is 451 g/mol. The van der Waals surface area contributed by atoms with Gasteiger partial charge in [-0.1, -0.05) is 5.16 Å². The van der Waals surface area contributed by atoms with Gasteiger partial charge in [0, 0.05) is 54.6 Å². The number of halogens is 1. The molecule has 0 saturated carbocycles. The average Bonchev–Trinajstić information content (AvgIpc) is 3.58. The summed E-state index contributed by atoms with van der Waals surface area (Å²) in [5.74, 6) is 0.265. The minimum Gasteiger partial charge on any atom is -0.356 e. The topological polar surface area (TPSA) is 109 Å². The molecular formula is C24H19FN8O2. The maximum absolute atomic E-state index is 14.8. The third-order valence-corrected chi connectivity index (χ3v) is 6.00. The highest BCUT2D eigenvalue weighted by atomic mass is 19.1. The summed E-state index contributed by atoms with van der Waals surface area (Å²) >= 11 is 0. The Morgan fingerprint density at radius 3 is 2.66 bits per heavy atom. The summed E-state index contributed by atoms with van der Waals surface area (Å²) in [5, 5.41) is 16.7. The Bertz CT molecular complexity index is 1790. The van der Waals surface area contributed by atoms with Crippen LogP contribution in [0.1, 0.15) is 24.5 Å². The lowest BCUT2D eigenvalue weighted by atomic mass is 10.1. The van der Waals surface area contributed by atoms with Crippen LogP contribution in [-0.2, 0) is 7.05 Å². The summed E-state index contributed by atoms with van der Waals surface area (Å²) in [7, 11) is 1.83. The number of pyridine rings is 3. The number of hydrogen-bond donors (Lipinski definition) is 0. The molecule has 0 bridgehead atoms. The highest BCUT2D eigenvalue weighted by molar-refractivity contribution is 5.82. The Morgan fingerprint density at radius 2 is 1.91 bits per heavy atom. The van der Waals surface area contributed by atoms with Gasteiger partial charge in [0.1, 0.15) is 0 Å². The summed E-state index contributed by atoms with van der Waals surface area (Å²) in [6, 6.07) is 6.07. The van der Waals surface area contributed by atoms with E-state index in [0.717, 1.165) is 11.1 Å². The van der Waals surface area contributed by atoms with E-state index in [4.69, 9.17) is 4.52 Å². The van der Waals surface area contributed by atoms with Gasteiger partial charge in [-0.25, -0.2) is 4.39 Å². The molecule has 0 radical (unpaired) electrons. The molecule has 0 aromatic carbocycles. The molecule has 1 unspecified atom stereocenters. The maximum atomic E-state index is 14.8. The fourth-order valence-corrected chi connectivity index (χ4v) is 4.18. The van der Waals surface area contributed by atoms with Gasteiger partial charge in [-0.3, -0.25) is 18.9 Å². The van der Waals surface area contributed by atoms with Crippen molar-refractivity contribution in [2.75, 3.05) is 0 Å². The van der Waals surface area contributed by atoms with E-state index < -0.39 is 11.9 Å². The monoisotopic (exact) mass is 470 g/mol. The van der Waals surface area contributed by atoms with Crippen LogP contribution in [0.25, 0.3) is 39.0 Å². The molecule has 1 atom stereocenters. The molecule has 35 heavy (non-hydrogen) atoms. The summed E-state index contributed by atoms with van der Waals surface area (Å²) in [6.07, 6.45) is 8.63. The lowest BCUT2D eigenvalue weighted by Crippen LogP contribution is -2.25. The zero-order valence-corrected chi connectivity index (χ0v) is 19.0. The third-order valence-electron chi connectivity index (χ3n) is 6.00. The Hall–Kier alpha value is -4.67. The highest BCUT2D eigenvalue weighted by Gasteiger charge is 2.21. The SMILES string of the molecule is Cc1cc(-c2cc(F)c3nnc(C(C)n4ccc5ncc(-c6cnn(C)c6)cc5c4=O)n3c2)on1. The Labute approximate surface area is 197 Å². The van der Waals surface area contributed by atoms with Crippen molar-refractivity contribution < 1.29 is 8.91 Å². The fourth-order valence-electron chi connectivity index (χ4n) is 4.18. The van der Waals surface area contributed by atoms with Gasteiger partial charge in [-0.2, -0.15) is 5.10 Å². The van der Waals surface area contributed by atoms with Crippen molar-refractivity contribution in [3.63, 3.8) is 0 Å². The maximum Gasteiger partial charge on any atom is 0.260 e. The zero-order valence-electron chi connectivity index (χ0n) is 19.0. The first-order chi connectivity index (χ1) is 16.9. The molecule has 6 heterocycles. The van der Waals surface area contributed by atoms with E-state index in [9.17, 15) is 9.18 Å². The summed E-state index contributed by atoms with van der Waals surface area (Å²) in [5.41, 5.74) is 3.20. The van der Waals surface area contributed by atoms with E-state index in [2.05, 4.69) is 25.4 Å². The van der Waals surface area contributed by atoms with Crippen molar-refractivity contribution in [3.8, 4) is 22.5 Å². The minimum absolute atomic E-state index is 0.0567. The molecule has 0 fully saturated rings. The number of fused-ring (bicyclic) bond motifs is 2. The number of aryl methyl sites for hydroxylation is 2. The molecule has 0 aliphatic rings. The quantitative estimate of drug-likeness (QED) is 0.388. The smallest absolute Gasteiger partial charge is 0.260 e. The first kappa shape index (κ1) is 20.9. The average molecular weight is 470 g/mol. The van der Waals surface area contributed by atoms with Crippen LogP contribution in [0.5, 0.6) is 0 Å². The van der Waals surface area contributed by atoms with Crippen molar-refractivity contribution >= 4 is 16.6 Å². The first-order valence-corrected chi connectivity index (χ1v) is 10.9. The molecule has 6 rings (SSSR count). The zero-order chi connectivity index (χ0) is 24.3. The standard InChI is InChI=1S/C24H19FN8O2/c1-13-6-21(35-30-13)16-8-19(25)23-29-28-22(33(23)12-16)14(2)32-5-4-20-18(24(32)34)7-15(9-26-20)17-10-27-31(3)11-17/h4-12,14H,1-3H3. The van der Waals surface area contributed by atoms with Gasteiger partial charge < -0.3 is 9.09 Å². The van der Waals surface area contributed by atoms with Gasteiger partial charge in [0.15, 0.2) is 23.0 Å². The molecule has 0 N–H and O–H groups in total. The molecule has 0 aliphatic carbocycles. The third kappa shape index (κ3) is 3.39.